The van der Waals surface area contributed by atoms with E-state index in [2.05, 4.69) is 5.11 Å². The van der Waals surface area contributed by atoms with Gasteiger partial charge in [0.15, 0.2) is 0 Å². The minimum atomic E-state index is -0.361. The van der Waals surface area contributed by atoms with Crippen LogP contribution in [-0.2, 0) is 0 Å². The second-order valence-corrected chi connectivity index (χ2v) is 1.60. The summed E-state index contributed by atoms with van der Waals surface area (Å²) in [5.74, 6) is -0.361. The van der Waals surface area contributed by atoms with E-state index in [1.54, 1.807) is 13.6 Å². The lowest BCUT2D eigenvalue weighted by molar-refractivity contribution is 0.264. The van der Waals surface area contributed by atoms with Crippen LogP contribution in [0.1, 0.15) is 0 Å². The van der Waals surface area contributed by atoms with Gasteiger partial charge in [-0.05, 0) is 0 Å². The number of hydrogen-bond donors (Lipinski definition) is 1. The third-order valence-corrected chi connectivity index (χ3v) is 0.604. The van der Waals surface area contributed by atoms with Crippen LogP contribution in [0.15, 0.2) is 5.11 Å². The normalized spacial score (nSPS) is 7.71. The van der Waals surface area contributed by atoms with Crippen molar-refractivity contribution in [2.24, 2.45) is 5.11 Å². The lowest BCUT2D eigenvalue weighted by Crippen LogP contribution is -2.11. The molecule has 7 heavy (non-hydrogen) atoms. The van der Waals surface area contributed by atoms with E-state index in [9.17, 15) is 4.79 Å². The van der Waals surface area contributed by atoms with E-state index >= 15 is 0 Å². The summed E-state index contributed by atoms with van der Waals surface area (Å²) in [5, 5.41) is 2.70. The van der Waals surface area contributed by atoms with Crippen LogP contribution in [-0.4, -0.2) is 12.5 Å². The maximum absolute atomic E-state index is 10.2. The molecule has 0 fully saturated rings. The van der Waals surface area contributed by atoms with Crippen LogP contribution in [0.5, 0.6) is 0 Å². The molecule has 3 nitrogen and oxygen atoms in total. The summed E-state index contributed by atoms with van der Waals surface area (Å²) in [4.78, 5) is 10.2. The summed E-state index contributed by atoms with van der Waals surface area (Å²) >= 11 is 0. The van der Waals surface area contributed by atoms with E-state index in [1.165, 1.54) is 0 Å². The number of nitrogens with zero attached hydrogens (tertiary/aromatic N) is 1. The molecule has 0 aromatic heterocycles. The van der Waals surface area contributed by atoms with Crippen LogP contribution < -0.4 is 0 Å². The Balaban J connectivity index is 3.56. The van der Waals surface area contributed by atoms with Gasteiger partial charge in [0.1, 0.15) is 0 Å². The van der Waals surface area contributed by atoms with Crippen molar-refractivity contribution >= 4 is 12.5 Å². The third-order valence-electron chi connectivity index (χ3n) is 0.604. The molecule has 1 N–H and O–H groups in total. The van der Waals surface area contributed by atoms with Gasteiger partial charge >= 0.3 is 0 Å². The molecule has 0 aromatic carbocycles. The zero-order valence-electron chi connectivity index (χ0n) is 4.43. The van der Waals surface area contributed by atoms with E-state index in [0.29, 0.717) is 0 Å². The Morgan fingerprint density at radius 2 is 2.14 bits per heavy atom. The van der Waals surface area contributed by atoms with Crippen LogP contribution in [0, 0.1) is 5.53 Å². The molecule has 0 heterocycles. The topological polar surface area (TPSA) is 53.3 Å². The molecule has 0 atom stereocenters. The first-order valence-corrected chi connectivity index (χ1v) is 2.09. The molecule has 0 aromatic rings. The summed E-state index contributed by atoms with van der Waals surface area (Å²) in [5.41, 5.74) is 6.21. The summed E-state index contributed by atoms with van der Waals surface area (Å²) < 4.78 is 0. The fraction of sp³-hybridized carbons (Fsp3) is 0.667. The Labute approximate surface area is 42.7 Å². The highest BCUT2D eigenvalue weighted by atomic mass is 16.1. The molecular weight excluding hydrogens is 90.9 g/mol. The molecule has 0 bridgehead atoms. The number of nitrogens with one attached hydrogen (secondary N) is 1. The van der Waals surface area contributed by atoms with Gasteiger partial charge in [-0.1, -0.05) is 13.6 Å². The van der Waals surface area contributed by atoms with E-state index in [-0.39, 0.29) is 12.5 Å². The lowest BCUT2D eigenvalue weighted by atomic mass is 9.54. The van der Waals surface area contributed by atoms with E-state index in [1.807, 2.05) is 0 Å². The molecule has 0 aliphatic rings. The maximum Gasteiger partial charge on any atom is 0.251 e. The number of carbonyl (C=O) groups excluding carboxylic acids is 1. The van der Waals surface area contributed by atoms with Crippen molar-refractivity contribution in [3.05, 3.63) is 0 Å². The predicted molar refractivity (Wildman–Crippen MR) is 28.0 cm³/mol. The highest BCUT2D eigenvalue weighted by molar-refractivity contribution is 6.87. The number of rotatable bonds is 1. The Kier molecular flexibility index (Phi) is 2.26. The van der Waals surface area contributed by atoms with Gasteiger partial charge in [0.2, 0.25) is 5.81 Å². The van der Waals surface area contributed by atoms with Crippen molar-refractivity contribution in [2.75, 3.05) is 0 Å². The summed E-state index contributed by atoms with van der Waals surface area (Å²) in [6, 6.07) is 0. The van der Waals surface area contributed by atoms with Crippen LogP contribution in [0.25, 0.3) is 0 Å². The van der Waals surface area contributed by atoms with E-state index in [4.69, 9.17) is 5.53 Å². The van der Waals surface area contributed by atoms with Crippen molar-refractivity contribution < 1.29 is 4.79 Å². The number of carbonyl (C=O) groups is 1. The molecule has 1 amide bonds. The van der Waals surface area contributed by atoms with Gasteiger partial charge in [0.25, 0.3) is 6.71 Å². The molecule has 0 aliphatic heterocycles. The number of amides is 1. The van der Waals surface area contributed by atoms with Gasteiger partial charge in [0, 0.05) is 0 Å². The monoisotopic (exact) mass is 98.1 g/mol. The highest BCUT2D eigenvalue weighted by Crippen LogP contribution is 1.84. The molecule has 4 heteroatoms. The van der Waals surface area contributed by atoms with Gasteiger partial charge in [-0.2, -0.15) is 0 Å². The van der Waals surface area contributed by atoms with Crippen molar-refractivity contribution in [3.63, 3.8) is 0 Å². The first-order chi connectivity index (χ1) is 3.18. The first kappa shape index (κ1) is 6.33. The third kappa shape index (κ3) is 2.08. The van der Waals surface area contributed by atoms with Crippen molar-refractivity contribution in [1.29, 1.82) is 5.53 Å². The highest BCUT2D eigenvalue weighted by Gasteiger charge is 2.07. The SMILES string of the molecule is CB(C)C(=O)N=N. The Bertz CT molecular complexity index is 90.9. The molecule has 0 saturated heterocycles. The van der Waals surface area contributed by atoms with Crippen LogP contribution >= 0.6 is 0 Å². The molecule has 38 valence electrons. The van der Waals surface area contributed by atoms with Gasteiger partial charge in [0.05, 0.1) is 0 Å². The summed E-state index contributed by atoms with van der Waals surface area (Å²) in [6.07, 6.45) is 0. The van der Waals surface area contributed by atoms with E-state index < -0.39 is 0 Å². The quantitative estimate of drug-likeness (QED) is 0.391. The zero-order chi connectivity index (χ0) is 5.86. The molecule has 0 saturated carbocycles. The van der Waals surface area contributed by atoms with Crippen molar-refractivity contribution in [3.8, 4) is 0 Å². The summed E-state index contributed by atoms with van der Waals surface area (Å²) in [6.45, 7) is 3.29. The largest absolute Gasteiger partial charge is 0.283 e. The Hall–Kier alpha value is -0.665. The first-order valence-electron chi connectivity index (χ1n) is 2.09. The van der Waals surface area contributed by atoms with Crippen LogP contribution in [0.4, 0.5) is 4.79 Å². The fourth-order valence-corrected chi connectivity index (χ4v) is 0.129. The molecule has 0 unspecified atom stereocenters. The molecule has 0 spiro atoms. The fourth-order valence-electron chi connectivity index (χ4n) is 0.129. The lowest BCUT2D eigenvalue weighted by Gasteiger charge is -1.85. The van der Waals surface area contributed by atoms with Gasteiger partial charge in [-0.25, -0.2) is 5.53 Å². The van der Waals surface area contributed by atoms with Crippen molar-refractivity contribution in [2.45, 2.75) is 13.6 Å². The van der Waals surface area contributed by atoms with Gasteiger partial charge in [-0.3, -0.25) is 4.79 Å². The van der Waals surface area contributed by atoms with Crippen molar-refractivity contribution in [1.82, 2.24) is 0 Å². The maximum atomic E-state index is 10.2. The molecular formula is C3H7BN2O. The minimum Gasteiger partial charge on any atom is -0.283 e. The van der Waals surface area contributed by atoms with Crippen LogP contribution in [0.2, 0.25) is 13.6 Å². The van der Waals surface area contributed by atoms with Crippen LogP contribution in [0.3, 0.4) is 0 Å². The minimum absolute atomic E-state index is 0.127. The second-order valence-electron chi connectivity index (χ2n) is 1.60. The predicted octanol–water partition coefficient (Wildman–Crippen LogP) is 1.47. The molecule has 0 radical (unpaired) electrons. The zero-order valence-corrected chi connectivity index (χ0v) is 4.43. The molecule has 0 aliphatic carbocycles. The van der Waals surface area contributed by atoms with Gasteiger partial charge < -0.3 is 0 Å². The Morgan fingerprint density at radius 3 is 2.14 bits per heavy atom. The summed E-state index contributed by atoms with van der Waals surface area (Å²) in [7, 11) is 0. The molecule has 0 rings (SSSR count). The van der Waals surface area contributed by atoms with Gasteiger partial charge in [-0.15, -0.1) is 5.11 Å². The average molecular weight is 97.9 g/mol. The smallest absolute Gasteiger partial charge is 0.251 e. The van der Waals surface area contributed by atoms with E-state index in [0.717, 1.165) is 0 Å². The standard InChI is InChI=1S/C3H7BN2O/c1-4(2)3(7)6-5/h5H,1-2H3. The average Bonchev–Trinajstić information content (AvgIpc) is 1.65. The Morgan fingerprint density at radius 1 is 1.71 bits per heavy atom. The second kappa shape index (κ2) is 2.50. The number of hydrogen-bond acceptors (Lipinski definition) is 2.